The summed E-state index contributed by atoms with van der Waals surface area (Å²) < 4.78 is 15.5. The predicted octanol–water partition coefficient (Wildman–Crippen LogP) is 3.56. The van der Waals surface area contributed by atoms with E-state index >= 15 is 0 Å². The van der Waals surface area contributed by atoms with Crippen LogP contribution in [0.25, 0.3) is 22.8 Å². The molecule has 4 N–H and O–H groups in total. The Morgan fingerprint density at radius 1 is 1.11 bits per heavy atom. The SMILES string of the molecule is CC1(N)CCC(n2cnc(-c3ccc(F)cc3)c2-c2nccc(N)n2)CC1. The molecule has 1 aliphatic carbocycles. The average molecular weight is 366 g/mol. The lowest BCUT2D eigenvalue weighted by Crippen LogP contribution is -2.40. The van der Waals surface area contributed by atoms with Crippen molar-refractivity contribution in [3.8, 4) is 22.8 Å². The number of rotatable bonds is 3. The Balaban J connectivity index is 1.81. The zero-order valence-corrected chi connectivity index (χ0v) is 15.3. The molecule has 6 nitrogen and oxygen atoms in total. The molecule has 7 heteroatoms. The van der Waals surface area contributed by atoms with Crippen molar-refractivity contribution in [3.05, 3.63) is 48.7 Å². The monoisotopic (exact) mass is 366 g/mol. The molecule has 4 rings (SSSR count). The highest BCUT2D eigenvalue weighted by atomic mass is 19.1. The highest BCUT2D eigenvalue weighted by Gasteiger charge is 2.30. The lowest BCUT2D eigenvalue weighted by atomic mass is 9.81. The maximum absolute atomic E-state index is 13.4. The summed E-state index contributed by atoms with van der Waals surface area (Å²) in [6.07, 6.45) is 7.27. The van der Waals surface area contributed by atoms with Gasteiger partial charge in [-0.1, -0.05) is 0 Å². The fourth-order valence-electron chi connectivity index (χ4n) is 3.71. The molecule has 2 aromatic heterocycles. The quantitative estimate of drug-likeness (QED) is 0.739. The van der Waals surface area contributed by atoms with Gasteiger partial charge in [0.05, 0.1) is 12.0 Å². The highest BCUT2D eigenvalue weighted by molar-refractivity contribution is 5.75. The van der Waals surface area contributed by atoms with Crippen LogP contribution in [0.1, 0.15) is 38.6 Å². The molecular formula is C20H23FN6. The van der Waals surface area contributed by atoms with Crippen molar-refractivity contribution in [2.75, 3.05) is 5.73 Å². The standard InChI is InChI=1S/C20H23FN6/c1-20(23)9-6-15(7-10-20)27-12-25-17(13-2-4-14(21)5-3-13)18(27)19-24-11-8-16(22)26-19/h2-5,8,11-12,15H,6-7,9-10,23H2,1H3,(H2,22,24,26). The van der Waals surface area contributed by atoms with Gasteiger partial charge < -0.3 is 16.0 Å². The predicted molar refractivity (Wildman–Crippen MR) is 103 cm³/mol. The molecule has 0 radical (unpaired) electrons. The van der Waals surface area contributed by atoms with Crippen LogP contribution < -0.4 is 11.5 Å². The normalized spacial score (nSPS) is 22.7. The summed E-state index contributed by atoms with van der Waals surface area (Å²) in [5.41, 5.74) is 14.4. The van der Waals surface area contributed by atoms with Gasteiger partial charge in [0.15, 0.2) is 5.82 Å². The van der Waals surface area contributed by atoms with Crippen molar-refractivity contribution in [2.45, 2.75) is 44.2 Å². The van der Waals surface area contributed by atoms with Crippen LogP contribution in [0, 0.1) is 5.82 Å². The van der Waals surface area contributed by atoms with Gasteiger partial charge in [0.2, 0.25) is 0 Å². The van der Waals surface area contributed by atoms with E-state index in [-0.39, 0.29) is 17.4 Å². The van der Waals surface area contributed by atoms with Gasteiger partial charge in [-0.05, 0) is 62.9 Å². The number of anilines is 1. The van der Waals surface area contributed by atoms with E-state index in [9.17, 15) is 4.39 Å². The number of nitrogens with zero attached hydrogens (tertiary/aromatic N) is 4. The van der Waals surface area contributed by atoms with Crippen LogP contribution in [0.4, 0.5) is 10.2 Å². The van der Waals surface area contributed by atoms with Crippen LogP contribution in [0.5, 0.6) is 0 Å². The summed E-state index contributed by atoms with van der Waals surface area (Å²) in [5.74, 6) is 0.637. The van der Waals surface area contributed by atoms with Crippen molar-refractivity contribution in [1.29, 1.82) is 0 Å². The molecule has 0 unspecified atom stereocenters. The Bertz CT molecular complexity index is 937. The zero-order chi connectivity index (χ0) is 19.0. The number of nitrogen functional groups attached to an aromatic ring is 1. The lowest BCUT2D eigenvalue weighted by molar-refractivity contribution is 0.253. The van der Waals surface area contributed by atoms with Gasteiger partial charge in [-0.2, -0.15) is 0 Å². The van der Waals surface area contributed by atoms with Crippen LogP contribution >= 0.6 is 0 Å². The molecule has 0 spiro atoms. The van der Waals surface area contributed by atoms with Crippen LogP contribution in [0.3, 0.4) is 0 Å². The van der Waals surface area contributed by atoms with E-state index in [0.717, 1.165) is 42.6 Å². The number of benzene rings is 1. The van der Waals surface area contributed by atoms with Crippen LogP contribution in [-0.2, 0) is 0 Å². The Morgan fingerprint density at radius 2 is 1.81 bits per heavy atom. The second-order valence-electron chi connectivity index (χ2n) is 7.55. The Hall–Kier alpha value is -2.80. The molecule has 0 saturated heterocycles. The second kappa shape index (κ2) is 6.74. The molecule has 0 aliphatic heterocycles. The van der Waals surface area contributed by atoms with Gasteiger partial charge in [0.25, 0.3) is 0 Å². The largest absolute Gasteiger partial charge is 0.384 e. The Kier molecular flexibility index (Phi) is 4.39. The molecule has 2 heterocycles. The Morgan fingerprint density at radius 3 is 2.48 bits per heavy atom. The minimum absolute atomic E-state index is 0.120. The van der Waals surface area contributed by atoms with E-state index in [0.29, 0.717) is 11.6 Å². The molecule has 140 valence electrons. The van der Waals surface area contributed by atoms with E-state index in [1.807, 2.05) is 6.33 Å². The minimum Gasteiger partial charge on any atom is -0.384 e. The first-order valence-electron chi connectivity index (χ1n) is 9.13. The van der Waals surface area contributed by atoms with E-state index in [4.69, 9.17) is 11.5 Å². The van der Waals surface area contributed by atoms with E-state index in [1.165, 1.54) is 12.1 Å². The van der Waals surface area contributed by atoms with Crippen molar-refractivity contribution < 1.29 is 4.39 Å². The van der Waals surface area contributed by atoms with Crippen molar-refractivity contribution >= 4 is 5.82 Å². The highest BCUT2D eigenvalue weighted by Crippen LogP contribution is 2.38. The van der Waals surface area contributed by atoms with Crippen LogP contribution in [-0.4, -0.2) is 25.1 Å². The van der Waals surface area contributed by atoms with Crippen molar-refractivity contribution in [1.82, 2.24) is 19.5 Å². The van der Waals surface area contributed by atoms with Crippen LogP contribution in [0.2, 0.25) is 0 Å². The first kappa shape index (κ1) is 17.6. The Labute approximate surface area is 157 Å². The molecular weight excluding hydrogens is 343 g/mol. The van der Waals surface area contributed by atoms with Crippen molar-refractivity contribution in [2.24, 2.45) is 5.73 Å². The number of aromatic nitrogens is 4. The molecule has 0 amide bonds. The van der Waals surface area contributed by atoms with Gasteiger partial charge in [-0.3, -0.25) is 0 Å². The summed E-state index contributed by atoms with van der Waals surface area (Å²) in [6, 6.07) is 8.22. The number of hydrogen-bond donors (Lipinski definition) is 2. The first-order chi connectivity index (χ1) is 12.9. The molecule has 27 heavy (non-hydrogen) atoms. The summed E-state index contributed by atoms with van der Waals surface area (Å²) in [5, 5.41) is 0. The van der Waals surface area contributed by atoms with Gasteiger partial charge in [-0.15, -0.1) is 0 Å². The number of nitrogens with two attached hydrogens (primary N) is 2. The molecule has 0 bridgehead atoms. The van der Waals surface area contributed by atoms with Gasteiger partial charge in [-0.25, -0.2) is 19.3 Å². The molecule has 1 aliphatic rings. The molecule has 1 fully saturated rings. The van der Waals surface area contributed by atoms with Gasteiger partial charge in [0, 0.05) is 23.3 Å². The lowest BCUT2D eigenvalue weighted by Gasteiger charge is -2.35. The van der Waals surface area contributed by atoms with E-state index < -0.39 is 0 Å². The summed E-state index contributed by atoms with van der Waals surface area (Å²) in [7, 11) is 0. The third kappa shape index (κ3) is 3.55. The van der Waals surface area contributed by atoms with Gasteiger partial charge >= 0.3 is 0 Å². The van der Waals surface area contributed by atoms with Gasteiger partial charge in [0.1, 0.15) is 17.3 Å². The minimum atomic E-state index is -0.283. The number of hydrogen-bond acceptors (Lipinski definition) is 5. The molecule has 3 aromatic rings. The summed E-state index contributed by atoms with van der Waals surface area (Å²) >= 11 is 0. The smallest absolute Gasteiger partial charge is 0.180 e. The number of imidazole rings is 1. The average Bonchev–Trinajstić information content (AvgIpc) is 3.07. The van der Waals surface area contributed by atoms with E-state index in [2.05, 4.69) is 26.4 Å². The maximum Gasteiger partial charge on any atom is 0.180 e. The fraction of sp³-hybridized carbons (Fsp3) is 0.350. The fourth-order valence-corrected chi connectivity index (χ4v) is 3.71. The van der Waals surface area contributed by atoms with Crippen molar-refractivity contribution in [3.63, 3.8) is 0 Å². The second-order valence-corrected chi connectivity index (χ2v) is 7.55. The summed E-state index contributed by atoms with van der Waals surface area (Å²) in [6.45, 7) is 2.10. The first-order valence-corrected chi connectivity index (χ1v) is 9.13. The van der Waals surface area contributed by atoms with Crippen LogP contribution in [0.15, 0.2) is 42.9 Å². The third-order valence-corrected chi connectivity index (χ3v) is 5.29. The zero-order valence-electron chi connectivity index (χ0n) is 15.3. The maximum atomic E-state index is 13.4. The molecule has 0 atom stereocenters. The molecule has 1 aromatic carbocycles. The molecule has 1 saturated carbocycles. The third-order valence-electron chi connectivity index (χ3n) is 5.29. The topological polar surface area (TPSA) is 95.6 Å². The number of halogens is 1. The summed E-state index contributed by atoms with van der Waals surface area (Å²) in [4.78, 5) is 13.5. The van der Waals surface area contributed by atoms with E-state index in [1.54, 1.807) is 24.4 Å².